The van der Waals surface area contributed by atoms with Crippen molar-refractivity contribution in [1.29, 1.82) is 0 Å². The highest BCUT2D eigenvalue weighted by Gasteiger charge is 2.66. The van der Waals surface area contributed by atoms with Gasteiger partial charge in [-0.25, -0.2) is 4.90 Å². The molecule has 3 heterocycles. The zero-order valence-corrected chi connectivity index (χ0v) is 12.7. The fourth-order valence-electron chi connectivity index (χ4n) is 3.68. The first kappa shape index (κ1) is 14.3. The van der Waals surface area contributed by atoms with Crippen LogP contribution in [0, 0.1) is 22.0 Å². The lowest BCUT2D eigenvalue weighted by Crippen LogP contribution is -2.38. The second-order valence-corrected chi connectivity index (χ2v) is 6.44. The summed E-state index contributed by atoms with van der Waals surface area (Å²) in [6.45, 7) is 1.76. The molecule has 23 heavy (non-hydrogen) atoms. The van der Waals surface area contributed by atoms with E-state index in [9.17, 15) is 19.7 Å². The summed E-state index contributed by atoms with van der Waals surface area (Å²) >= 11 is 6.08. The summed E-state index contributed by atoms with van der Waals surface area (Å²) in [7, 11) is 0. The molecule has 2 saturated heterocycles. The summed E-state index contributed by atoms with van der Waals surface area (Å²) in [4.78, 5) is 36.8. The fraction of sp³-hybridized carbons (Fsp3) is 0.333. The largest absolute Gasteiger partial charge is 0.362 e. The number of carbonyl (C=O) groups excluding carboxylic acids is 2. The van der Waals surface area contributed by atoms with Crippen molar-refractivity contribution in [3.63, 3.8) is 0 Å². The van der Waals surface area contributed by atoms with Gasteiger partial charge in [-0.1, -0.05) is 23.8 Å². The number of benzene rings is 1. The lowest BCUT2D eigenvalue weighted by Gasteiger charge is -2.24. The van der Waals surface area contributed by atoms with Crippen molar-refractivity contribution in [1.82, 2.24) is 0 Å². The molecule has 2 amide bonds. The Kier molecular flexibility index (Phi) is 2.74. The second-order valence-electron chi connectivity index (χ2n) is 6.03. The van der Waals surface area contributed by atoms with Gasteiger partial charge in [-0.05, 0) is 13.0 Å². The Morgan fingerprint density at radius 3 is 2.74 bits per heavy atom. The van der Waals surface area contributed by atoms with Crippen molar-refractivity contribution in [2.75, 3.05) is 4.90 Å². The van der Waals surface area contributed by atoms with Gasteiger partial charge in [-0.2, -0.15) is 0 Å². The molecular weight excluding hydrogens is 324 g/mol. The number of hydrogen-bond acceptors (Lipinski definition) is 5. The van der Waals surface area contributed by atoms with Crippen LogP contribution in [0.3, 0.4) is 0 Å². The summed E-state index contributed by atoms with van der Waals surface area (Å²) in [5, 5.41) is 11.1. The van der Waals surface area contributed by atoms with Gasteiger partial charge in [0.25, 0.3) is 5.69 Å². The van der Waals surface area contributed by atoms with E-state index >= 15 is 0 Å². The number of non-ortho nitro benzene ring substituents is 1. The number of nitro groups is 1. The van der Waals surface area contributed by atoms with Crippen molar-refractivity contribution < 1.29 is 19.2 Å². The van der Waals surface area contributed by atoms with Gasteiger partial charge < -0.3 is 4.74 Å². The fourth-order valence-corrected chi connectivity index (χ4v) is 3.88. The van der Waals surface area contributed by atoms with Gasteiger partial charge in [0.1, 0.15) is 0 Å². The number of amides is 2. The van der Waals surface area contributed by atoms with Crippen LogP contribution in [-0.2, 0) is 14.3 Å². The smallest absolute Gasteiger partial charge is 0.271 e. The van der Waals surface area contributed by atoms with E-state index in [0.717, 1.165) is 11.0 Å². The molecule has 0 aromatic heterocycles. The highest BCUT2D eigenvalue weighted by Crippen LogP contribution is 2.52. The first-order chi connectivity index (χ1) is 10.8. The maximum atomic E-state index is 12.8. The minimum absolute atomic E-state index is 0.0493. The molecule has 8 heteroatoms. The molecule has 3 aliphatic heterocycles. The average Bonchev–Trinajstić information content (AvgIpc) is 3.09. The Balaban J connectivity index is 1.81. The lowest BCUT2D eigenvalue weighted by molar-refractivity contribution is -0.384. The van der Waals surface area contributed by atoms with Gasteiger partial charge in [0.2, 0.25) is 11.8 Å². The molecular formula is C15H11ClN2O5. The van der Waals surface area contributed by atoms with Crippen LogP contribution in [0.25, 0.3) is 0 Å². The minimum Gasteiger partial charge on any atom is -0.362 e. The Morgan fingerprint density at radius 1 is 1.35 bits per heavy atom. The summed E-state index contributed by atoms with van der Waals surface area (Å²) in [6.07, 6.45) is 3.14. The van der Waals surface area contributed by atoms with Crippen LogP contribution in [0.5, 0.6) is 0 Å². The molecule has 2 fully saturated rings. The van der Waals surface area contributed by atoms with Crippen molar-refractivity contribution in [2.45, 2.75) is 18.6 Å². The second kappa shape index (κ2) is 4.39. The molecule has 3 aliphatic rings. The quantitative estimate of drug-likeness (QED) is 0.357. The van der Waals surface area contributed by atoms with Crippen LogP contribution in [0.2, 0.25) is 5.02 Å². The zero-order chi connectivity index (χ0) is 16.5. The van der Waals surface area contributed by atoms with E-state index in [2.05, 4.69) is 0 Å². The van der Waals surface area contributed by atoms with Gasteiger partial charge >= 0.3 is 0 Å². The highest BCUT2D eigenvalue weighted by molar-refractivity contribution is 6.36. The molecule has 0 N–H and O–H groups in total. The normalized spacial score (nSPS) is 34.3. The molecule has 0 saturated carbocycles. The van der Waals surface area contributed by atoms with Crippen molar-refractivity contribution in [3.05, 3.63) is 45.5 Å². The summed E-state index contributed by atoms with van der Waals surface area (Å²) < 4.78 is 5.72. The van der Waals surface area contributed by atoms with E-state index < -0.39 is 40.3 Å². The third kappa shape index (κ3) is 1.74. The maximum absolute atomic E-state index is 12.8. The van der Waals surface area contributed by atoms with Crippen LogP contribution in [0.1, 0.15) is 6.92 Å². The zero-order valence-electron chi connectivity index (χ0n) is 11.9. The third-order valence-electron chi connectivity index (χ3n) is 4.71. The Bertz CT molecular complexity index is 807. The molecule has 118 valence electrons. The monoisotopic (exact) mass is 334 g/mol. The van der Waals surface area contributed by atoms with Gasteiger partial charge in [0.05, 0.1) is 39.2 Å². The van der Waals surface area contributed by atoms with Crippen LogP contribution in [0.4, 0.5) is 11.4 Å². The van der Waals surface area contributed by atoms with Crippen LogP contribution < -0.4 is 4.90 Å². The lowest BCUT2D eigenvalue weighted by atomic mass is 9.78. The Morgan fingerprint density at radius 2 is 2.09 bits per heavy atom. The number of nitrogens with zero attached hydrogens (tertiary/aromatic N) is 2. The maximum Gasteiger partial charge on any atom is 0.271 e. The first-order valence-electron chi connectivity index (χ1n) is 7.02. The van der Waals surface area contributed by atoms with Crippen molar-refractivity contribution in [2.24, 2.45) is 11.8 Å². The molecule has 4 atom stereocenters. The van der Waals surface area contributed by atoms with E-state index in [0.29, 0.717) is 0 Å². The van der Waals surface area contributed by atoms with Gasteiger partial charge in [-0.15, -0.1) is 0 Å². The summed E-state index contributed by atoms with van der Waals surface area (Å²) in [5.74, 6) is -2.09. The molecule has 0 radical (unpaired) electrons. The third-order valence-corrected chi connectivity index (χ3v) is 5.03. The molecule has 0 spiro atoms. The standard InChI is InChI=1S/C15H11ClN2O5/c1-15-5-4-10(23-15)11-12(15)14(20)17(13(11)19)9-6-7(18(21)22)2-3-8(9)16/h2-6,10-12H,1H3/t10-,11-,12+,15-/m0/s1. The predicted molar refractivity (Wildman–Crippen MR) is 80.0 cm³/mol. The van der Waals surface area contributed by atoms with E-state index in [-0.39, 0.29) is 16.4 Å². The number of anilines is 1. The Labute approximate surface area is 135 Å². The molecule has 0 unspecified atom stereocenters. The molecule has 1 aromatic rings. The molecule has 2 bridgehead atoms. The highest BCUT2D eigenvalue weighted by atomic mass is 35.5. The first-order valence-corrected chi connectivity index (χ1v) is 7.40. The molecule has 7 nitrogen and oxygen atoms in total. The van der Waals surface area contributed by atoms with Crippen molar-refractivity contribution >= 4 is 34.8 Å². The minimum atomic E-state index is -0.815. The predicted octanol–water partition coefficient (Wildman–Crippen LogP) is 2.08. The molecule has 0 aliphatic carbocycles. The van der Waals surface area contributed by atoms with Gasteiger partial charge in [-0.3, -0.25) is 19.7 Å². The number of halogens is 1. The van der Waals surface area contributed by atoms with Crippen LogP contribution in [-0.4, -0.2) is 28.4 Å². The number of fused-ring (bicyclic) bond motifs is 5. The van der Waals surface area contributed by atoms with E-state index in [4.69, 9.17) is 16.3 Å². The van der Waals surface area contributed by atoms with E-state index in [1.165, 1.54) is 12.1 Å². The topological polar surface area (TPSA) is 89.8 Å². The summed E-state index contributed by atoms with van der Waals surface area (Å²) in [5.41, 5.74) is -0.997. The number of ether oxygens (including phenoxy) is 1. The number of carbonyl (C=O) groups is 2. The van der Waals surface area contributed by atoms with Crippen LogP contribution in [0.15, 0.2) is 30.4 Å². The number of imide groups is 1. The average molecular weight is 335 g/mol. The number of nitro benzene ring substituents is 1. The van der Waals surface area contributed by atoms with E-state index in [1.54, 1.807) is 19.1 Å². The summed E-state index contributed by atoms with van der Waals surface area (Å²) in [6, 6.07) is 3.69. The van der Waals surface area contributed by atoms with Crippen molar-refractivity contribution in [3.8, 4) is 0 Å². The van der Waals surface area contributed by atoms with Crippen LogP contribution >= 0.6 is 11.6 Å². The van der Waals surface area contributed by atoms with Gasteiger partial charge in [0, 0.05) is 12.1 Å². The van der Waals surface area contributed by atoms with Gasteiger partial charge in [0.15, 0.2) is 0 Å². The number of rotatable bonds is 2. The number of hydrogen-bond donors (Lipinski definition) is 0. The molecule has 4 rings (SSSR count). The van der Waals surface area contributed by atoms with E-state index in [1.807, 2.05) is 0 Å². The Hall–Kier alpha value is -2.25. The molecule has 1 aromatic carbocycles. The SMILES string of the molecule is C[C@@]12C=C[C@H](O1)[C@@H]1C(=O)N(c3cc([N+](=O)[O-])ccc3Cl)C(=O)[C@@H]12.